The lowest BCUT2D eigenvalue weighted by Gasteiger charge is -2.35. The highest BCUT2D eigenvalue weighted by Gasteiger charge is 2.35. The number of hydrogen-bond donors (Lipinski definition) is 1. The van der Waals surface area contributed by atoms with Gasteiger partial charge in [-0.05, 0) is 58.4 Å². The summed E-state index contributed by atoms with van der Waals surface area (Å²) in [5.74, 6) is 1.59. The van der Waals surface area contributed by atoms with Crippen molar-refractivity contribution in [3.05, 3.63) is 65.7 Å². The van der Waals surface area contributed by atoms with Crippen molar-refractivity contribution in [3.63, 3.8) is 0 Å². The van der Waals surface area contributed by atoms with Gasteiger partial charge in [0, 0.05) is 5.39 Å². The van der Waals surface area contributed by atoms with E-state index in [2.05, 4.69) is 42.5 Å². The van der Waals surface area contributed by atoms with Crippen LogP contribution in [0.15, 0.2) is 54.6 Å². The fourth-order valence-electron chi connectivity index (χ4n) is 5.07. The molecule has 1 fully saturated rings. The number of hydrogen-bond acceptors (Lipinski definition) is 1. The molecule has 1 saturated carbocycles. The monoisotopic (exact) mass is 314 g/mol. The maximum atomic E-state index is 10.6. The van der Waals surface area contributed by atoms with Crippen molar-refractivity contribution in [2.45, 2.75) is 43.9 Å². The van der Waals surface area contributed by atoms with Gasteiger partial charge in [0.1, 0.15) is 5.75 Å². The molecule has 2 aliphatic rings. The summed E-state index contributed by atoms with van der Waals surface area (Å²) >= 11 is 0. The van der Waals surface area contributed by atoms with Crippen LogP contribution in [-0.2, 0) is 0 Å². The highest BCUT2D eigenvalue weighted by atomic mass is 16.3. The van der Waals surface area contributed by atoms with Crippen molar-refractivity contribution in [1.82, 2.24) is 0 Å². The molecule has 0 aromatic heterocycles. The number of phenols is 1. The highest BCUT2D eigenvalue weighted by molar-refractivity contribution is 6.03. The Kier molecular flexibility index (Phi) is 3.16. The van der Waals surface area contributed by atoms with Crippen LogP contribution in [0.1, 0.15) is 55.1 Å². The minimum Gasteiger partial charge on any atom is -0.507 e. The van der Waals surface area contributed by atoms with Gasteiger partial charge in [0.25, 0.3) is 0 Å². The average molecular weight is 314 g/mol. The summed E-state index contributed by atoms with van der Waals surface area (Å²) < 4.78 is 0. The van der Waals surface area contributed by atoms with Crippen LogP contribution in [0.25, 0.3) is 21.9 Å². The Balaban J connectivity index is 1.89. The standard InChI is InChI=1S/C23H22O/c24-22-14-21-17-9-3-1-2-8-15(17)16-10-4-6-12-19(16)23(21)20-13-7-5-11-18(20)22/h4-7,10-15,17,24H,1-3,8-9H2. The molecule has 1 N–H and O–H groups in total. The Morgan fingerprint density at radius 1 is 0.708 bits per heavy atom. The minimum absolute atomic E-state index is 0.437. The highest BCUT2D eigenvalue weighted by Crippen LogP contribution is 2.54. The van der Waals surface area contributed by atoms with Crippen molar-refractivity contribution >= 4 is 10.8 Å². The van der Waals surface area contributed by atoms with Crippen LogP contribution in [0.2, 0.25) is 0 Å². The second kappa shape index (κ2) is 5.37. The quantitative estimate of drug-likeness (QED) is 0.512. The molecule has 2 atom stereocenters. The third kappa shape index (κ3) is 1.94. The number of aromatic hydroxyl groups is 1. The fourth-order valence-corrected chi connectivity index (χ4v) is 5.07. The second-order valence-electron chi connectivity index (χ2n) is 7.34. The van der Waals surface area contributed by atoms with E-state index in [0.29, 0.717) is 17.6 Å². The smallest absolute Gasteiger partial charge is 0.123 e. The number of fused-ring (bicyclic) bond motifs is 8. The van der Waals surface area contributed by atoms with Crippen molar-refractivity contribution in [2.24, 2.45) is 0 Å². The van der Waals surface area contributed by atoms with Gasteiger partial charge in [-0.1, -0.05) is 67.8 Å². The normalized spacial score (nSPS) is 22.3. The van der Waals surface area contributed by atoms with E-state index in [4.69, 9.17) is 0 Å². The first-order valence-electron chi connectivity index (χ1n) is 9.18. The SMILES string of the molecule is Oc1cc2c(c3ccccc13)-c1ccccc1C1CCCCCC21. The van der Waals surface area contributed by atoms with Crippen molar-refractivity contribution in [3.8, 4) is 16.9 Å². The van der Waals surface area contributed by atoms with E-state index >= 15 is 0 Å². The maximum absolute atomic E-state index is 10.6. The largest absolute Gasteiger partial charge is 0.507 e. The van der Waals surface area contributed by atoms with Gasteiger partial charge < -0.3 is 5.11 Å². The Hall–Kier alpha value is -2.28. The zero-order valence-corrected chi connectivity index (χ0v) is 13.8. The van der Waals surface area contributed by atoms with Crippen LogP contribution in [0.4, 0.5) is 0 Å². The van der Waals surface area contributed by atoms with Crippen molar-refractivity contribution < 1.29 is 5.11 Å². The van der Waals surface area contributed by atoms with Gasteiger partial charge >= 0.3 is 0 Å². The van der Waals surface area contributed by atoms with Gasteiger partial charge in [-0.2, -0.15) is 0 Å². The number of rotatable bonds is 0. The van der Waals surface area contributed by atoms with Crippen LogP contribution in [0, 0.1) is 0 Å². The summed E-state index contributed by atoms with van der Waals surface area (Å²) in [7, 11) is 0. The van der Waals surface area contributed by atoms with Gasteiger partial charge in [0.05, 0.1) is 0 Å². The average Bonchev–Trinajstić information content (AvgIpc) is 2.88. The first-order valence-corrected chi connectivity index (χ1v) is 9.18. The van der Waals surface area contributed by atoms with Crippen LogP contribution >= 0.6 is 0 Å². The zero-order valence-electron chi connectivity index (χ0n) is 13.8. The Morgan fingerprint density at radius 2 is 1.38 bits per heavy atom. The molecule has 2 aliphatic carbocycles. The van der Waals surface area contributed by atoms with Gasteiger partial charge in [-0.3, -0.25) is 0 Å². The van der Waals surface area contributed by atoms with Crippen molar-refractivity contribution in [2.75, 3.05) is 0 Å². The molecule has 0 aliphatic heterocycles. The number of benzene rings is 3. The zero-order chi connectivity index (χ0) is 16.1. The van der Waals surface area contributed by atoms with E-state index in [0.717, 1.165) is 5.39 Å². The lowest BCUT2D eigenvalue weighted by atomic mass is 9.68. The van der Waals surface area contributed by atoms with Crippen LogP contribution in [0.5, 0.6) is 5.75 Å². The summed E-state index contributed by atoms with van der Waals surface area (Å²) in [6, 6.07) is 19.3. The molecule has 0 amide bonds. The van der Waals surface area contributed by atoms with E-state index in [1.807, 2.05) is 12.1 Å². The molecule has 0 bridgehead atoms. The summed E-state index contributed by atoms with van der Waals surface area (Å²) in [5.41, 5.74) is 5.64. The Morgan fingerprint density at radius 3 is 2.21 bits per heavy atom. The molecule has 0 heterocycles. The predicted molar refractivity (Wildman–Crippen MR) is 99.6 cm³/mol. The van der Waals surface area contributed by atoms with Crippen LogP contribution in [0.3, 0.4) is 0 Å². The molecule has 5 rings (SSSR count). The summed E-state index contributed by atoms with van der Waals surface area (Å²) in [4.78, 5) is 0. The molecule has 0 saturated heterocycles. The predicted octanol–water partition coefficient (Wildman–Crippen LogP) is 6.36. The second-order valence-corrected chi connectivity index (χ2v) is 7.34. The van der Waals surface area contributed by atoms with E-state index in [1.54, 1.807) is 0 Å². The van der Waals surface area contributed by atoms with Gasteiger partial charge in [0.15, 0.2) is 0 Å². The summed E-state index contributed by atoms with van der Waals surface area (Å²) in [6.07, 6.45) is 6.48. The lowest BCUT2D eigenvalue weighted by Crippen LogP contribution is -2.17. The summed E-state index contributed by atoms with van der Waals surface area (Å²) in [6.45, 7) is 0. The Labute approximate surface area is 143 Å². The first-order chi connectivity index (χ1) is 11.8. The molecule has 2 unspecified atom stereocenters. The summed E-state index contributed by atoms with van der Waals surface area (Å²) in [5, 5.41) is 12.8. The molecule has 3 aromatic carbocycles. The van der Waals surface area contributed by atoms with E-state index < -0.39 is 0 Å². The molecule has 1 nitrogen and oxygen atoms in total. The maximum Gasteiger partial charge on any atom is 0.123 e. The van der Waals surface area contributed by atoms with Crippen molar-refractivity contribution in [1.29, 1.82) is 0 Å². The Bertz CT molecular complexity index is 924. The van der Waals surface area contributed by atoms with E-state index in [9.17, 15) is 5.11 Å². The molecule has 0 radical (unpaired) electrons. The van der Waals surface area contributed by atoms with Gasteiger partial charge in [-0.15, -0.1) is 0 Å². The van der Waals surface area contributed by atoms with E-state index in [1.165, 1.54) is 59.7 Å². The molecular formula is C23H22O. The fraction of sp³-hybridized carbons (Fsp3) is 0.304. The van der Waals surface area contributed by atoms with Crippen LogP contribution < -0.4 is 0 Å². The van der Waals surface area contributed by atoms with Crippen LogP contribution in [-0.4, -0.2) is 5.11 Å². The van der Waals surface area contributed by atoms with E-state index in [-0.39, 0.29) is 0 Å². The lowest BCUT2D eigenvalue weighted by molar-refractivity contribution is 0.473. The number of phenolic OH excluding ortho intramolecular Hbond substituents is 1. The van der Waals surface area contributed by atoms with Gasteiger partial charge in [0.2, 0.25) is 0 Å². The third-order valence-electron chi connectivity index (χ3n) is 6.10. The molecule has 24 heavy (non-hydrogen) atoms. The molecule has 0 spiro atoms. The van der Waals surface area contributed by atoms with Gasteiger partial charge in [-0.25, -0.2) is 0 Å². The minimum atomic E-state index is 0.437. The molecule has 120 valence electrons. The molecule has 1 heteroatoms. The topological polar surface area (TPSA) is 20.2 Å². The molecule has 3 aromatic rings. The first kappa shape index (κ1) is 14.1. The third-order valence-corrected chi connectivity index (χ3v) is 6.10. The molecular weight excluding hydrogens is 292 g/mol.